The van der Waals surface area contributed by atoms with Crippen LogP contribution < -0.4 is 14.8 Å². The van der Waals surface area contributed by atoms with Gasteiger partial charge in [-0.05, 0) is 38.5 Å². The zero-order valence-electron chi connectivity index (χ0n) is 14.8. The molecule has 0 unspecified atom stereocenters. The molecule has 1 atom stereocenters. The van der Waals surface area contributed by atoms with Crippen LogP contribution in [0.5, 0.6) is 11.5 Å². The van der Waals surface area contributed by atoms with E-state index in [4.69, 9.17) is 9.47 Å². The molecule has 0 spiro atoms. The third-order valence-electron chi connectivity index (χ3n) is 4.27. The van der Waals surface area contributed by atoms with Gasteiger partial charge in [-0.1, -0.05) is 36.4 Å². The number of amides is 1. The first-order chi connectivity index (χ1) is 12.0. The van der Waals surface area contributed by atoms with Gasteiger partial charge in [-0.15, -0.1) is 0 Å². The summed E-state index contributed by atoms with van der Waals surface area (Å²) in [5.74, 6) is 1.74. The molecular formula is C21H25NO3. The summed E-state index contributed by atoms with van der Waals surface area (Å²) in [6.45, 7) is 4.64. The van der Waals surface area contributed by atoms with Gasteiger partial charge in [-0.3, -0.25) is 4.79 Å². The summed E-state index contributed by atoms with van der Waals surface area (Å²) < 4.78 is 11.6. The fraction of sp³-hybridized carbons (Fsp3) is 0.381. The summed E-state index contributed by atoms with van der Waals surface area (Å²) in [5, 5.41) is 3.15. The predicted octanol–water partition coefficient (Wildman–Crippen LogP) is 4.26. The molecule has 4 heteroatoms. The topological polar surface area (TPSA) is 47.6 Å². The van der Waals surface area contributed by atoms with Crippen LogP contribution in [0.2, 0.25) is 0 Å². The first kappa shape index (κ1) is 17.3. The standard InChI is InChI=1S/C21H25NO3/c1-21(2)15-18(17-11-6-7-12-19(17)25-21)22-20(23)13-8-14-24-16-9-4-3-5-10-16/h3-7,9-12,18H,8,13-15H2,1-2H3,(H,22,23)/t18-/m1/s1. The Bertz CT molecular complexity index is 712. The highest BCUT2D eigenvalue weighted by molar-refractivity contribution is 5.76. The van der Waals surface area contributed by atoms with Crippen LogP contribution >= 0.6 is 0 Å². The molecule has 0 fully saturated rings. The zero-order valence-corrected chi connectivity index (χ0v) is 14.8. The molecule has 1 heterocycles. The van der Waals surface area contributed by atoms with Crippen molar-refractivity contribution in [3.8, 4) is 11.5 Å². The van der Waals surface area contributed by atoms with Crippen LogP contribution in [-0.4, -0.2) is 18.1 Å². The molecule has 0 aromatic heterocycles. The number of para-hydroxylation sites is 2. The Labute approximate surface area is 149 Å². The van der Waals surface area contributed by atoms with Crippen molar-refractivity contribution in [1.29, 1.82) is 0 Å². The number of nitrogens with one attached hydrogen (secondary N) is 1. The van der Waals surface area contributed by atoms with Gasteiger partial charge in [0.2, 0.25) is 5.91 Å². The normalized spacial score (nSPS) is 17.9. The lowest BCUT2D eigenvalue weighted by Gasteiger charge is -2.37. The van der Waals surface area contributed by atoms with E-state index >= 15 is 0 Å². The number of hydrogen-bond acceptors (Lipinski definition) is 3. The number of benzene rings is 2. The van der Waals surface area contributed by atoms with Crippen LogP contribution in [0.1, 0.15) is 44.7 Å². The molecule has 1 aliphatic heterocycles. The average molecular weight is 339 g/mol. The lowest BCUT2D eigenvalue weighted by Crippen LogP contribution is -2.41. The van der Waals surface area contributed by atoms with Crippen molar-refractivity contribution in [2.24, 2.45) is 0 Å². The average Bonchev–Trinajstić information content (AvgIpc) is 2.59. The van der Waals surface area contributed by atoms with E-state index in [2.05, 4.69) is 19.2 Å². The number of fused-ring (bicyclic) bond motifs is 1. The molecular weight excluding hydrogens is 314 g/mol. The lowest BCUT2D eigenvalue weighted by atomic mass is 9.89. The van der Waals surface area contributed by atoms with Gasteiger partial charge in [-0.2, -0.15) is 0 Å². The van der Waals surface area contributed by atoms with Crippen molar-refractivity contribution in [2.45, 2.75) is 44.8 Å². The Morgan fingerprint density at radius 1 is 1.16 bits per heavy atom. The van der Waals surface area contributed by atoms with Gasteiger partial charge in [0, 0.05) is 18.4 Å². The highest BCUT2D eigenvalue weighted by Gasteiger charge is 2.34. The fourth-order valence-electron chi connectivity index (χ4n) is 3.14. The smallest absolute Gasteiger partial charge is 0.220 e. The third-order valence-corrected chi connectivity index (χ3v) is 4.27. The van der Waals surface area contributed by atoms with Crippen LogP contribution in [0.15, 0.2) is 54.6 Å². The molecule has 4 nitrogen and oxygen atoms in total. The minimum absolute atomic E-state index is 0.0116. The van der Waals surface area contributed by atoms with Crippen molar-refractivity contribution in [3.05, 3.63) is 60.2 Å². The first-order valence-corrected chi connectivity index (χ1v) is 8.79. The highest BCUT2D eigenvalue weighted by Crippen LogP contribution is 2.39. The van der Waals surface area contributed by atoms with Gasteiger partial charge in [0.25, 0.3) is 0 Å². The van der Waals surface area contributed by atoms with Crippen LogP contribution in [0.4, 0.5) is 0 Å². The second kappa shape index (κ2) is 7.60. The molecule has 1 aliphatic rings. The second-order valence-electron chi connectivity index (χ2n) is 6.99. The van der Waals surface area contributed by atoms with Gasteiger partial charge in [0.1, 0.15) is 17.1 Å². The van der Waals surface area contributed by atoms with E-state index in [1.807, 2.05) is 54.6 Å². The van der Waals surface area contributed by atoms with E-state index in [1.165, 1.54) is 0 Å². The minimum atomic E-state index is -0.289. The zero-order chi connectivity index (χ0) is 17.7. The molecule has 0 radical (unpaired) electrons. The van der Waals surface area contributed by atoms with E-state index in [1.54, 1.807) is 0 Å². The van der Waals surface area contributed by atoms with Gasteiger partial charge >= 0.3 is 0 Å². The number of hydrogen-bond donors (Lipinski definition) is 1. The molecule has 1 amide bonds. The molecule has 132 valence electrons. The van der Waals surface area contributed by atoms with E-state index in [-0.39, 0.29) is 17.6 Å². The summed E-state index contributed by atoms with van der Waals surface area (Å²) in [5.41, 5.74) is 0.763. The third kappa shape index (κ3) is 4.75. The van der Waals surface area contributed by atoms with Crippen LogP contribution in [-0.2, 0) is 4.79 Å². The Morgan fingerprint density at radius 2 is 1.88 bits per heavy atom. The van der Waals surface area contributed by atoms with Crippen molar-refractivity contribution in [1.82, 2.24) is 5.32 Å². The van der Waals surface area contributed by atoms with Gasteiger partial charge < -0.3 is 14.8 Å². The summed E-state index contributed by atoms with van der Waals surface area (Å²) in [7, 11) is 0. The Balaban J connectivity index is 1.51. The minimum Gasteiger partial charge on any atom is -0.494 e. The van der Waals surface area contributed by atoms with Crippen molar-refractivity contribution < 1.29 is 14.3 Å². The maximum atomic E-state index is 12.3. The van der Waals surface area contributed by atoms with Gasteiger partial charge in [0.15, 0.2) is 0 Å². The van der Waals surface area contributed by atoms with Crippen LogP contribution in [0.25, 0.3) is 0 Å². The predicted molar refractivity (Wildman–Crippen MR) is 97.8 cm³/mol. The lowest BCUT2D eigenvalue weighted by molar-refractivity contribution is -0.122. The molecule has 3 rings (SSSR count). The van der Waals surface area contributed by atoms with Gasteiger partial charge in [0.05, 0.1) is 12.6 Å². The summed E-state index contributed by atoms with van der Waals surface area (Å²) in [4.78, 5) is 12.3. The van der Waals surface area contributed by atoms with Crippen molar-refractivity contribution in [3.63, 3.8) is 0 Å². The van der Waals surface area contributed by atoms with E-state index < -0.39 is 0 Å². The van der Waals surface area contributed by atoms with E-state index in [9.17, 15) is 4.79 Å². The molecule has 25 heavy (non-hydrogen) atoms. The first-order valence-electron chi connectivity index (χ1n) is 8.79. The molecule has 1 N–H and O–H groups in total. The Morgan fingerprint density at radius 3 is 2.68 bits per heavy atom. The maximum Gasteiger partial charge on any atom is 0.220 e. The highest BCUT2D eigenvalue weighted by atomic mass is 16.5. The molecule has 2 aromatic carbocycles. The Kier molecular flexibility index (Phi) is 5.27. The summed E-state index contributed by atoms with van der Waals surface area (Å²) >= 11 is 0. The number of ether oxygens (including phenoxy) is 2. The largest absolute Gasteiger partial charge is 0.494 e. The Hall–Kier alpha value is -2.49. The number of carbonyl (C=O) groups excluding carboxylic acids is 1. The number of rotatable bonds is 6. The maximum absolute atomic E-state index is 12.3. The molecule has 2 aromatic rings. The van der Waals surface area contributed by atoms with Crippen LogP contribution in [0, 0.1) is 0 Å². The molecule has 0 saturated heterocycles. The van der Waals surface area contributed by atoms with Crippen molar-refractivity contribution >= 4 is 5.91 Å². The molecule has 0 saturated carbocycles. The van der Waals surface area contributed by atoms with Crippen molar-refractivity contribution in [2.75, 3.05) is 6.61 Å². The SMILES string of the molecule is CC1(C)C[C@@H](NC(=O)CCCOc2ccccc2)c2ccccc2O1. The molecule has 0 aliphatic carbocycles. The number of carbonyl (C=O) groups is 1. The molecule has 0 bridgehead atoms. The van der Waals surface area contributed by atoms with Crippen LogP contribution in [0.3, 0.4) is 0 Å². The quantitative estimate of drug-likeness (QED) is 0.800. The van der Waals surface area contributed by atoms with E-state index in [0.29, 0.717) is 19.4 Å². The summed E-state index contributed by atoms with van der Waals surface area (Å²) in [6.07, 6.45) is 1.90. The summed E-state index contributed by atoms with van der Waals surface area (Å²) in [6, 6.07) is 17.6. The van der Waals surface area contributed by atoms with E-state index in [0.717, 1.165) is 23.5 Å². The second-order valence-corrected chi connectivity index (χ2v) is 6.99. The fourth-order valence-corrected chi connectivity index (χ4v) is 3.14. The monoisotopic (exact) mass is 339 g/mol. The van der Waals surface area contributed by atoms with Gasteiger partial charge in [-0.25, -0.2) is 0 Å².